The van der Waals surface area contributed by atoms with E-state index in [1.165, 1.54) is 6.07 Å². The minimum absolute atomic E-state index is 0.224. The van der Waals surface area contributed by atoms with Crippen LogP contribution in [0.15, 0.2) is 42.5 Å². The number of benzene rings is 2. The van der Waals surface area contributed by atoms with Gasteiger partial charge in [0, 0.05) is 24.7 Å². The average molecular weight is 444 g/mol. The maximum Gasteiger partial charge on any atom is 0.433 e. The zero-order valence-corrected chi connectivity index (χ0v) is 16.1. The van der Waals surface area contributed by atoms with Gasteiger partial charge in [-0.3, -0.25) is 0 Å². The third-order valence-electron chi connectivity index (χ3n) is 4.63. The fourth-order valence-corrected chi connectivity index (χ4v) is 3.17. The Morgan fingerprint density at radius 1 is 1.00 bits per heavy atom. The molecule has 1 atom stereocenters. The number of para-hydroxylation sites is 1. The summed E-state index contributed by atoms with van der Waals surface area (Å²) in [6.45, 7) is -0.287. The first-order valence-corrected chi connectivity index (χ1v) is 8.99. The molecule has 166 valence electrons. The van der Waals surface area contributed by atoms with E-state index < -0.39 is 35.2 Å². The summed E-state index contributed by atoms with van der Waals surface area (Å²) < 4.78 is 80.0. The standard InChI is InChI=1S/C20H18F6N4O/c1-28-14-6-5-10(27)7-15(14)29-9-16(31)12-8-17(20(24,25)26)30-18-11(12)3-2-4-13(18)19(21,22)23/h2-8,16,28-29,31H,9,27H2,1H3. The maximum absolute atomic E-state index is 13.4. The van der Waals surface area contributed by atoms with Gasteiger partial charge in [-0.15, -0.1) is 0 Å². The average Bonchev–Trinajstić information content (AvgIpc) is 2.69. The SMILES string of the molecule is CNc1ccc(N)cc1NCC(O)c1cc(C(F)(F)F)nc2c(C(F)(F)F)cccc12. The molecule has 0 fully saturated rings. The number of aliphatic hydroxyl groups excluding tert-OH is 1. The number of hydrogen-bond acceptors (Lipinski definition) is 5. The number of halogens is 6. The first kappa shape index (κ1) is 22.5. The lowest BCUT2D eigenvalue weighted by Gasteiger charge is -2.20. The van der Waals surface area contributed by atoms with Crippen molar-refractivity contribution in [2.24, 2.45) is 0 Å². The Labute approximate surface area is 172 Å². The molecule has 1 aromatic heterocycles. The number of anilines is 3. The molecule has 0 radical (unpaired) electrons. The van der Waals surface area contributed by atoms with E-state index in [4.69, 9.17) is 5.73 Å². The third-order valence-corrected chi connectivity index (χ3v) is 4.63. The zero-order chi connectivity index (χ0) is 23.0. The highest BCUT2D eigenvalue weighted by molar-refractivity contribution is 5.86. The molecule has 0 saturated carbocycles. The molecule has 2 aromatic carbocycles. The fourth-order valence-electron chi connectivity index (χ4n) is 3.17. The summed E-state index contributed by atoms with van der Waals surface area (Å²) in [4.78, 5) is 3.21. The smallest absolute Gasteiger partial charge is 0.399 e. The van der Waals surface area contributed by atoms with Crippen LogP contribution in [0.1, 0.15) is 22.9 Å². The fraction of sp³-hybridized carbons (Fsp3) is 0.250. The van der Waals surface area contributed by atoms with E-state index in [2.05, 4.69) is 15.6 Å². The molecule has 5 nitrogen and oxygen atoms in total. The van der Waals surface area contributed by atoms with Crippen molar-refractivity contribution >= 4 is 28.0 Å². The molecule has 0 amide bonds. The van der Waals surface area contributed by atoms with Crippen molar-refractivity contribution in [3.63, 3.8) is 0 Å². The summed E-state index contributed by atoms with van der Waals surface area (Å²) in [5, 5.41) is 16.1. The second-order valence-electron chi connectivity index (χ2n) is 6.75. The van der Waals surface area contributed by atoms with Gasteiger partial charge in [0.15, 0.2) is 0 Å². The van der Waals surface area contributed by atoms with Crippen LogP contribution in [-0.2, 0) is 12.4 Å². The summed E-state index contributed by atoms with van der Waals surface area (Å²) in [6, 6.07) is 8.28. The first-order valence-electron chi connectivity index (χ1n) is 8.99. The number of nitrogens with two attached hydrogens (primary N) is 1. The number of hydrogen-bond donors (Lipinski definition) is 4. The van der Waals surface area contributed by atoms with Crippen molar-refractivity contribution < 1.29 is 31.4 Å². The van der Waals surface area contributed by atoms with Gasteiger partial charge >= 0.3 is 12.4 Å². The Bertz CT molecular complexity index is 1100. The molecule has 31 heavy (non-hydrogen) atoms. The molecule has 0 spiro atoms. The number of nitrogens with one attached hydrogen (secondary N) is 2. The van der Waals surface area contributed by atoms with Gasteiger partial charge in [0.25, 0.3) is 0 Å². The van der Waals surface area contributed by atoms with E-state index in [0.717, 1.165) is 6.07 Å². The van der Waals surface area contributed by atoms with Crippen LogP contribution in [-0.4, -0.2) is 23.7 Å². The minimum Gasteiger partial charge on any atom is -0.399 e. The van der Waals surface area contributed by atoms with E-state index in [1.807, 2.05) is 0 Å². The van der Waals surface area contributed by atoms with Crippen molar-refractivity contribution in [2.75, 3.05) is 30.0 Å². The molecule has 0 aliphatic rings. The molecule has 1 heterocycles. The van der Waals surface area contributed by atoms with E-state index in [1.54, 1.807) is 25.2 Å². The van der Waals surface area contributed by atoms with Crippen LogP contribution in [0.4, 0.5) is 43.4 Å². The van der Waals surface area contributed by atoms with Gasteiger partial charge in [-0.2, -0.15) is 26.3 Å². The predicted molar refractivity (Wildman–Crippen MR) is 106 cm³/mol. The normalized spacial score (nSPS) is 13.3. The molecular weight excluding hydrogens is 426 g/mol. The molecule has 1 unspecified atom stereocenters. The highest BCUT2D eigenvalue weighted by atomic mass is 19.4. The molecular formula is C20H18F6N4O. The molecule has 11 heteroatoms. The summed E-state index contributed by atoms with van der Waals surface area (Å²) >= 11 is 0. The number of aliphatic hydroxyl groups is 1. The summed E-state index contributed by atoms with van der Waals surface area (Å²) in [5.41, 5.74) is 3.16. The Kier molecular flexibility index (Phi) is 5.90. The molecule has 0 aliphatic heterocycles. The van der Waals surface area contributed by atoms with Crippen molar-refractivity contribution in [1.82, 2.24) is 4.98 Å². The summed E-state index contributed by atoms with van der Waals surface area (Å²) in [7, 11) is 1.64. The lowest BCUT2D eigenvalue weighted by atomic mass is 9.99. The monoisotopic (exact) mass is 444 g/mol. The number of alkyl halides is 6. The van der Waals surface area contributed by atoms with Crippen LogP contribution in [0.25, 0.3) is 10.9 Å². The number of pyridine rings is 1. The van der Waals surface area contributed by atoms with Crippen molar-refractivity contribution in [2.45, 2.75) is 18.5 Å². The van der Waals surface area contributed by atoms with E-state index in [9.17, 15) is 31.4 Å². The van der Waals surface area contributed by atoms with Gasteiger partial charge in [-0.25, -0.2) is 4.98 Å². The van der Waals surface area contributed by atoms with Crippen molar-refractivity contribution in [3.05, 3.63) is 59.3 Å². The molecule has 3 aromatic rings. The maximum atomic E-state index is 13.4. The van der Waals surface area contributed by atoms with Crippen LogP contribution in [0.2, 0.25) is 0 Å². The Morgan fingerprint density at radius 3 is 2.32 bits per heavy atom. The lowest BCUT2D eigenvalue weighted by Crippen LogP contribution is -2.17. The molecule has 0 aliphatic carbocycles. The minimum atomic E-state index is -5.00. The van der Waals surface area contributed by atoms with Crippen molar-refractivity contribution in [3.8, 4) is 0 Å². The topological polar surface area (TPSA) is 83.2 Å². The van der Waals surface area contributed by atoms with Crippen LogP contribution in [0, 0.1) is 0 Å². The molecule has 0 bridgehead atoms. The second-order valence-corrected chi connectivity index (χ2v) is 6.75. The second kappa shape index (κ2) is 8.14. The molecule has 0 saturated heterocycles. The van der Waals surface area contributed by atoms with Crippen LogP contribution in [0.5, 0.6) is 0 Å². The van der Waals surface area contributed by atoms with Crippen LogP contribution >= 0.6 is 0 Å². The number of aromatic nitrogens is 1. The quantitative estimate of drug-likeness (QED) is 0.327. The van der Waals surface area contributed by atoms with Gasteiger partial charge in [-0.05, 0) is 35.9 Å². The largest absolute Gasteiger partial charge is 0.433 e. The summed E-state index contributed by atoms with van der Waals surface area (Å²) in [5.74, 6) is 0. The van der Waals surface area contributed by atoms with E-state index >= 15 is 0 Å². The number of fused-ring (bicyclic) bond motifs is 1. The highest BCUT2D eigenvalue weighted by Crippen LogP contribution is 2.39. The molecule has 3 rings (SSSR count). The summed E-state index contributed by atoms with van der Waals surface area (Å²) in [6.07, 6.45) is -11.5. The molecule has 5 N–H and O–H groups in total. The van der Waals surface area contributed by atoms with Gasteiger partial charge in [0.1, 0.15) is 5.69 Å². The first-order chi connectivity index (χ1) is 14.4. The van der Waals surface area contributed by atoms with Crippen molar-refractivity contribution in [1.29, 1.82) is 0 Å². The third kappa shape index (κ3) is 4.76. The van der Waals surface area contributed by atoms with Gasteiger partial charge in [0.05, 0.1) is 28.6 Å². The van der Waals surface area contributed by atoms with Gasteiger partial charge < -0.3 is 21.5 Å². The van der Waals surface area contributed by atoms with Gasteiger partial charge in [0.2, 0.25) is 0 Å². The van der Waals surface area contributed by atoms with E-state index in [-0.39, 0.29) is 17.5 Å². The Balaban J connectivity index is 2.07. The number of nitrogen functional groups attached to an aromatic ring is 1. The Hall–Kier alpha value is -3.21. The Morgan fingerprint density at radius 2 is 1.71 bits per heavy atom. The number of rotatable bonds is 5. The number of nitrogens with zero attached hydrogens (tertiary/aromatic N) is 1. The van der Waals surface area contributed by atoms with E-state index in [0.29, 0.717) is 29.2 Å². The zero-order valence-electron chi connectivity index (χ0n) is 16.1. The predicted octanol–water partition coefficient (Wildman–Crippen LogP) is 5.04. The lowest BCUT2D eigenvalue weighted by molar-refractivity contribution is -0.142. The highest BCUT2D eigenvalue weighted by Gasteiger charge is 2.38. The van der Waals surface area contributed by atoms with Crippen LogP contribution < -0.4 is 16.4 Å². The van der Waals surface area contributed by atoms with Gasteiger partial charge in [-0.1, -0.05) is 12.1 Å². The van der Waals surface area contributed by atoms with Crippen LogP contribution in [0.3, 0.4) is 0 Å².